The average molecular weight is 400 g/mol. The van der Waals surface area contributed by atoms with Crippen LogP contribution in [0, 0.1) is 0 Å². The molecule has 0 saturated heterocycles. The number of pyridine rings is 1. The quantitative estimate of drug-likeness (QED) is 0.586. The zero-order valence-corrected chi connectivity index (χ0v) is 16.6. The normalized spacial score (nSPS) is 11.0. The Labute approximate surface area is 168 Å². The smallest absolute Gasteiger partial charge is 0.274 e. The minimum absolute atomic E-state index is 0.170. The summed E-state index contributed by atoms with van der Waals surface area (Å²) in [5.74, 6) is -0.304. The fourth-order valence-electron chi connectivity index (χ4n) is 2.67. The first-order chi connectivity index (χ1) is 13.6. The topological polar surface area (TPSA) is 81.9 Å². The molecule has 0 aliphatic rings. The van der Waals surface area contributed by atoms with E-state index in [9.17, 15) is 4.79 Å². The minimum atomic E-state index is -0.304. The Hall–Kier alpha value is -2.77. The van der Waals surface area contributed by atoms with Gasteiger partial charge in [-0.2, -0.15) is 0 Å². The van der Waals surface area contributed by atoms with Crippen LogP contribution in [0.1, 0.15) is 30.8 Å². The maximum Gasteiger partial charge on any atom is 0.274 e. The van der Waals surface area contributed by atoms with E-state index in [1.54, 1.807) is 29.2 Å². The number of rotatable bonds is 8. The van der Waals surface area contributed by atoms with Crippen molar-refractivity contribution < 1.29 is 9.53 Å². The number of amides is 1. The van der Waals surface area contributed by atoms with E-state index in [4.69, 9.17) is 16.3 Å². The van der Waals surface area contributed by atoms with Crippen molar-refractivity contribution in [2.75, 3.05) is 13.2 Å². The van der Waals surface area contributed by atoms with Crippen molar-refractivity contribution in [3.8, 4) is 16.9 Å². The Bertz CT molecular complexity index is 927. The van der Waals surface area contributed by atoms with Crippen LogP contribution in [-0.4, -0.2) is 45.1 Å². The van der Waals surface area contributed by atoms with Crippen molar-refractivity contribution in [2.24, 2.45) is 0 Å². The molecule has 146 valence electrons. The van der Waals surface area contributed by atoms with Crippen molar-refractivity contribution in [3.63, 3.8) is 0 Å². The van der Waals surface area contributed by atoms with Gasteiger partial charge in [0.15, 0.2) is 5.69 Å². The zero-order chi connectivity index (χ0) is 19.9. The third-order valence-corrected chi connectivity index (χ3v) is 4.28. The highest BCUT2D eigenvalue weighted by atomic mass is 35.5. The largest absolute Gasteiger partial charge is 0.379 e. The number of para-hydroxylation sites is 1. The Morgan fingerprint density at radius 2 is 2.07 bits per heavy atom. The molecule has 8 heteroatoms. The molecule has 0 saturated carbocycles. The number of carbonyl (C=O) groups excluding carboxylic acids is 1. The summed E-state index contributed by atoms with van der Waals surface area (Å²) in [7, 11) is 0. The summed E-state index contributed by atoms with van der Waals surface area (Å²) in [6.45, 7) is 5.02. The fourth-order valence-corrected chi connectivity index (χ4v) is 2.88. The molecule has 28 heavy (non-hydrogen) atoms. The van der Waals surface area contributed by atoms with Gasteiger partial charge in [0.1, 0.15) is 5.69 Å². The van der Waals surface area contributed by atoms with Crippen molar-refractivity contribution in [1.82, 2.24) is 25.3 Å². The van der Waals surface area contributed by atoms with Crippen molar-refractivity contribution in [3.05, 3.63) is 59.5 Å². The molecule has 0 atom stereocenters. The van der Waals surface area contributed by atoms with Crippen molar-refractivity contribution >= 4 is 17.5 Å². The fraction of sp³-hybridized carbons (Fsp3) is 0.300. The van der Waals surface area contributed by atoms with Gasteiger partial charge in [-0.15, -0.1) is 5.10 Å². The SMILES string of the molecule is CC(C)OCCCNC(=O)c1nnn(-c2ccccc2Cl)c1-c1cccnc1. The third kappa shape index (κ3) is 4.74. The van der Waals surface area contributed by atoms with Gasteiger partial charge < -0.3 is 10.1 Å². The molecule has 3 aromatic rings. The highest BCUT2D eigenvalue weighted by Gasteiger charge is 2.23. The van der Waals surface area contributed by atoms with Gasteiger partial charge in [0.05, 0.1) is 16.8 Å². The lowest BCUT2D eigenvalue weighted by Gasteiger charge is -2.10. The number of benzene rings is 1. The molecule has 1 amide bonds. The van der Waals surface area contributed by atoms with Gasteiger partial charge in [-0.3, -0.25) is 9.78 Å². The first kappa shape index (κ1) is 20.0. The van der Waals surface area contributed by atoms with E-state index in [1.807, 2.05) is 38.1 Å². The molecule has 1 N–H and O–H groups in total. The van der Waals surface area contributed by atoms with Gasteiger partial charge in [0.2, 0.25) is 0 Å². The van der Waals surface area contributed by atoms with Gasteiger partial charge >= 0.3 is 0 Å². The molecule has 0 unspecified atom stereocenters. The lowest BCUT2D eigenvalue weighted by atomic mass is 10.1. The summed E-state index contributed by atoms with van der Waals surface area (Å²) in [6, 6.07) is 10.9. The van der Waals surface area contributed by atoms with Gasteiger partial charge in [0, 0.05) is 31.1 Å². The Balaban J connectivity index is 1.88. The molecule has 2 heterocycles. The van der Waals surface area contributed by atoms with Crippen LogP contribution in [0.3, 0.4) is 0 Å². The molecule has 0 bridgehead atoms. The van der Waals surface area contributed by atoms with Gasteiger partial charge in [-0.25, -0.2) is 4.68 Å². The molecule has 2 aromatic heterocycles. The molecular weight excluding hydrogens is 378 g/mol. The Morgan fingerprint density at radius 3 is 2.79 bits per heavy atom. The first-order valence-corrected chi connectivity index (χ1v) is 9.46. The number of carbonyl (C=O) groups is 1. The van der Waals surface area contributed by atoms with E-state index in [1.165, 1.54) is 0 Å². The van der Waals surface area contributed by atoms with E-state index < -0.39 is 0 Å². The van der Waals surface area contributed by atoms with Crippen LogP contribution < -0.4 is 5.32 Å². The van der Waals surface area contributed by atoms with Gasteiger partial charge in [-0.05, 0) is 44.5 Å². The number of nitrogens with zero attached hydrogens (tertiary/aromatic N) is 4. The second-order valence-corrected chi connectivity index (χ2v) is 6.83. The number of halogens is 1. The number of nitrogens with one attached hydrogen (secondary N) is 1. The molecule has 0 fully saturated rings. The summed E-state index contributed by atoms with van der Waals surface area (Å²) in [4.78, 5) is 16.9. The molecule has 3 rings (SSSR count). The van der Waals surface area contributed by atoms with E-state index in [-0.39, 0.29) is 17.7 Å². The van der Waals surface area contributed by atoms with E-state index >= 15 is 0 Å². The second-order valence-electron chi connectivity index (χ2n) is 6.42. The number of ether oxygens (including phenoxy) is 1. The number of hydrogen-bond donors (Lipinski definition) is 1. The third-order valence-electron chi connectivity index (χ3n) is 3.96. The highest BCUT2D eigenvalue weighted by Crippen LogP contribution is 2.28. The lowest BCUT2D eigenvalue weighted by molar-refractivity contribution is 0.0756. The Kier molecular flexibility index (Phi) is 6.73. The molecule has 0 aliphatic carbocycles. The Morgan fingerprint density at radius 1 is 1.25 bits per heavy atom. The van der Waals surface area contributed by atoms with E-state index in [2.05, 4.69) is 20.6 Å². The molecular formula is C20H22ClN5O2. The van der Waals surface area contributed by atoms with Crippen LogP contribution in [0.15, 0.2) is 48.8 Å². The molecule has 7 nitrogen and oxygen atoms in total. The minimum Gasteiger partial charge on any atom is -0.379 e. The van der Waals surface area contributed by atoms with Crippen LogP contribution in [0.4, 0.5) is 0 Å². The summed E-state index contributed by atoms with van der Waals surface area (Å²) in [5.41, 5.74) is 2.12. The average Bonchev–Trinajstić information content (AvgIpc) is 3.13. The van der Waals surface area contributed by atoms with Crippen LogP contribution in [0.2, 0.25) is 5.02 Å². The molecule has 0 aliphatic heterocycles. The highest BCUT2D eigenvalue weighted by molar-refractivity contribution is 6.32. The maximum absolute atomic E-state index is 12.7. The van der Waals surface area contributed by atoms with Crippen LogP contribution in [-0.2, 0) is 4.74 Å². The molecule has 1 aromatic carbocycles. The zero-order valence-electron chi connectivity index (χ0n) is 15.8. The summed E-state index contributed by atoms with van der Waals surface area (Å²) < 4.78 is 7.06. The summed E-state index contributed by atoms with van der Waals surface area (Å²) >= 11 is 6.33. The molecule has 0 radical (unpaired) electrons. The predicted molar refractivity (Wildman–Crippen MR) is 108 cm³/mol. The summed E-state index contributed by atoms with van der Waals surface area (Å²) in [6.07, 6.45) is 4.22. The van der Waals surface area contributed by atoms with Crippen LogP contribution in [0.25, 0.3) is 16.9 Å². The van der Waals surface area contributed by atoms with Crippen LogP contribution >= 0.6 is 11.6 Å². The molecule has 0 spiro atoms. The van der Waals surface area contributed by atoms with Gasteiger partial charge in [-0.1, -0.05) is 28.9 Å². The van der Waals surface area contributed by atoms with Gasteiger partial charge in [0.25, 0.3) is 5.91 Å². The van der Waals surface area contributed by atoms with Crippen molar-refractivity contribution in [1.29, 1.82) is 0 Å². The first-order valence-electron chi connectivity index (χ1n) is 9.08. The van der Waals surface area contributed by atoms with E-state index in [0.29, 0.717) is 36.0 Å². The number of hydrogen-bond acceptors (Lipinski definition) is 5. The summed E-state index contributed by atoms with van der Waals surface area (Å²) in [5, 5.41) is 11.7. The second kappa shape index (κ2) is 9.43. The van der Waals surface area contributed by atoms with Crippen molar-refractivity contribution in [2.45, 2.75) is 26.4 Å². The van der Waals surface area contributed by atoms with Crippen LogP contribution in [0.5, 0.6) is 0 Å². The van der Waals surface area contributed by atoms with E-state index in [0.717, 1.165) is 5.56 Å². The lowest BCUT2D eigenvalue weighted by Crippen LogP contribution is -2.26. The predicted octanol–water partition coefficient (Wildman–Crippen LogP) is 3.53. The standard InChI is InChI=1S/C20H22ClN5O2/c1-14(2)28-12-6-11-23-20(27)18-19(15-7-5-10-22-13-15)26(25-24-18)17-9-4-3-8-16(17)21/h3-5,7-10,13-14H,6,11-12H2,1-2H3,(H,23,27). The number of aromatic nitrogens is 4. The monoisotopic (exact) mass is 399 g/mol. The maximum atomic E-state index is 12.7.